The highest BCUT2D eigenvalue weighted by molar-refractivity contribution is 7.81. The highest BCUT2D eigenvalue weighted by atomic mass is 32.1. The van der Waals surface area contributed by atoms with E-state index in [4.69, 9.17) is 11.5 Å². The first kappa shape index (κ1) is 11.1. The van der Waals surface area contributed by atoms with Gasteiger partial charge in [0.15, 0.2) is 5.96 Å². The molecule has 86 valence electrons. The molecule has 0 bridgehead atoms. The van der Waals surface area contributed by atoms with E-state index in [1.165, 1.54) is 12.8 Å². The number of aliphatic imine (C=N–C) groups is 1. The van der Waals surface area contributed by atoms with Crippen LogP contribution < -0.4 is 11.5 Å². The topological polar surface area (TPSA) is 67.6 Å². The first-order valence-electron chi connectivity index (χ1n) is 5.66. The summed E-state index contributed by atoms with van der Waals surface area (Å²) in [5.41, 5.74) is 10.8. The predicted octanol–water partition coefficient (Wildman–Crippen LogP) is 0.185. The first-order chi connectivity index (χ1) is 7.15. The van der Waals surface area contributed by atoms with Gasteiger partial charge in [-0.2, -0.15) is 12.6 Å². The van der Waals surface area contributed by atoms with Gasteiger partial charge in [-0.15, -0.1) is 0 Å². The lowest BCUT2D eigenvalue weighted by Crippen LogP contribution is -2.54. The summed E-state index contributed by atoms with van der Waals surface area (Å²) in [6.45, 7) is 2.25. The van der Waals surface area contributed by atoms with Gasteiger partial charge in [0.25, 0.3) is 0 Å². The minimum Gasteiger partial charge on any atom is -0.370 e. The third-order valence-corrected chi connectivity index (χ3v) is 3.68. The molecule has 0 aromatic carbocycles. The van der Waals surface area contributed by atoms with Gasteiger partial charge in [-0.3, -0.25) is 9.89 Å². The van der Waals surface area contributed by atoms with E-state index in [0.717, 1.165) is 25.9 Å². The number of hydrogen-bond donors (Lipinski definition) is 3. The SMILES string of the molecule is NC(N)=N[C@@H]1CCCC(N2CC(S)C2)C1. The predicted molar refractivity (Wildman–Crippen MR) is 66.2 cm³/mol. The molecule has 0 amide bonds. The first-order valence-corrected chi connectivity index (χ1v) is 6.17. The summed E-state index contributed by atoms with van der Waals surface area (Å²) in [7, 11) is 0. The Morgan fingerprint density at radius 3 is 2.60 bits per heavy atom. The summed E-state index contributed by atoms with van der Waals surface area (Å²) in [5.74, 6) is 0.233. The van der Waals surface area contributed by atoms with Crippen LogP contribution in [0.25, 0.3) is 0 Å². The number of guanidine groups is 1. The maximum atomic E-state index is 5.42. The van der Waals surface area contributed by atoms with Crippen molar-refractivity contribution in [3.8, 4) is 0 Å². The summed E-state index contributed by atoms with van der Waals surface area (Å²) >= 11 is 4.43. The van der Waals surface area contributed by atoms with Crippen LogP contribution in [0.15, 0.2) is 4.99 Å². The molecule has 1 saturated heterocycles. The molecule has 0 aromatic heterocycles. The van der Waals surface area contributed by atoms with E-state index in [1.807, 2.05) is 0 Å². The third kappa shape index (κ3) is 2.78. The van der Waals surface area contributed by atoms with Crippen molar-refractivity contribution < 1.29 is 0 Å². The van der Waals surface area contributed by atoms with Crippen molar-refractivity contribution >= 4 is 18.6 Å². The van der Waals surface area contributed by atoms with Gasteiger partial charge in [0.2, 0.25) is 0 Å². The highest BCUT2D eigenvalue weighted by Gasteiger charge is 2.33. The Morgan fingerprint density at radius 2 is 2.00 bits per heavy atom. The molecule has 2 rings (SSSR count). The van der Waals surface area contributed by atoms with Crippen LogP contribution in [0.3, 0.4) is 0 Å². The van der Waals surface area contributed by atoms with E-state index in [2.05, 4.69) is 22.5 Å². The Labute approximate surface area is 96.5 Å². The number of thiol groups is 1. The summed E-state index contributed by atoms with van der Waals surface area (Å²) in [6, 6.07) is 1.02. The lowest BCUT2D eigenvalue weighted by atomic mass is 9.89. The quantitative estimate of drug-likeness (QED) is 0.359. The van der Waals surface area contributed by atoms with E-state index < -0.39 is 0 Å². The fourth-order valence-corrected chi connectivity index (χ4v) is 3.00. The molecule has 1 saturated carbocycles. The molecule has 2 aliphatic rings. The number of likely N-dealkylation sites (tertiary alicyclic amines) is 1. The zero-order chi connectivity index (χ0) is 10.8. The van der Waals surface area contributed by atoms with Crippen LogP contribution in [-0.4, -0.2) is 41.3 Å². The molecule has 0 radical (unpaired) electrons. The van der Waals surface area contributed by atoms with Gasteiger partial charge in [0.1, 0.15) is 0 Å². The number of hydrogen-bond acceptors (Lipinski definition) is 3. The Kier molecular flexibility index (Phi) is 3.41. The normalized spacial score (nSPS) is 33.4. The van der Waals surface area contributed by atoms with Gasteiger partial charge >= 0.3 is 0 Å². The third-order valence-electron chi connectivity index (χ3n) is 3.36. The second-order valence-corrected chi connectivity index (χ2v) is 5.37. The second-order valence-electron chi connectivity index (χ2n) is 4.64. The smallest absolute Gasteiger partial charge is 0.186 e. The van der Waals surface area contributed by atoms with Gasteiger partial charge in [-0.1, -0.05) is 0 Å². The van der Waals surface area contributed by atoms with Crippen LogP contribution in [0.2, 0.25) is 0 Å². The van der Waals surface area contributed by atoms with Crippen LogP contribution >= 0.6 is 12.6 Å². The van der Waals surface area contributed by atoms with Crippen molar-refractivity contribution in [1.29, 1.82) is 0 Å². The van der Waals surface area contributed by atoms with Gasteiger partial charge in [0, 0.05) is 24.4 Å². The molecule has 2 fully saturated rings. The molecule has 1 aliphatic carbocycles. The molecule has 0 spiro atoms. The van der Waals surface area contributed by atoms with Crippen molar-refractivity contribution in [3.63, 3.8) is 0 Å². The van der Waals surface area contributed by atoms with E-state index in [-0.39, 0.29) is 5.96 Å². The summed E-state index contributed by atoms with van der Waals surface area (Å²) < 4.78 is 0. The lowest BCUT2D eigenvalue weighted by molar-refractivity contribution is 0.0926. The van der Waals surface area contributed by atoms with Crippen LogP contribution in [0.4, 0.5) is 0 Å². The monoisotopic (exact) mass is 228 g/mol. The average Bonchev–Trinajstić information content (AvgIpc) is 2.12. The summed E-state index contributed by atoms with van der Waals surface area (Å²) in [5, 5.41) is 0.577. The fourth-order valence-electron chi connectivity index (χ4n) is 2.58. The molecule has 4 nitrogen and oxygen atoms in total. The molecule has 0 aromatic rings. The summed E-state index contributed by atoms with van der Waals surface area (Å²) in [6.07, 6.45) is 4.77. The summed E-state index contributed by atoms with van der Waals surface area (Å²) in [4.78, 5) is 6.78. The van der Waals surface area contributed by atoms with Crippen LogP contribution in [0.5, 0.6) is 0 Å². The van der Waals surface area contributed by atoms with Crippen LogP contribution in [0.1, 0.15) is 25.7 Å². The van der Waals surface area contributed by atoms with E-state index in [1.54, 1.807) is 0 Å². The van der Waals surface area contributed by atoms with Crippen molar-refractivity contribution in [2.45, 2.75) is 43.0 Å². The molecule has 1 aliphatic heterocycles. The lowest BCUT2D eigenvalue weighted by Gasteiger charge is -2.45. The maximum absolute atomic E-state index is 5.42. The van der Waals surface area contributed by atoms with Crippen molar-refractivity contribution in [1.82, 2.24) is 4.90 Å². The minimum atomic E-state index is 0.233. The van der Waals surface area contributed by atoms with Gasteiger partial charge in [0.05, 0.1) is 6.04 Å². The van der Waals surface area contributed by atoms with Gasteiger partial charge < -0.3 is 11.5 Å². The minimum absolute atomic E-state index is 0.233. The molecular formula is C10H20N4S. The Hall–Kier alpha value is -0.420. The van der Waals surface area contributed by atoms with Crippen molar-refractivity contribution in [2.24, 2.45) is 16.5 Å². The van der Waals surface area contributed by atoms with Gasteiger partial charge in [-0.25, -0.2) is 0 Å². The highest BCUT2D eigenvalue weighted by Crippen LogP contribution is 2.29. The number of rotatable bonds is 2. The molecule has 1 heterocycles. The zero-order valence-corrected chi connectivity index (χ0v) is 9.87. The largest absolute Gasteiger partial charge is 0.370 e. The molecule has 1 unspecified atom stereocenters. The average molecular weight is 228 g/mol. The fraction of sp³-hybridized carbons (Fsp3) is 0.900. The van der Waals surface area contributed by atoms with Crippen LogP contribution in [0, 0.1) is 0 Å². The van der Waals surface area contributed by atoms with E-state index in [0.29, 0.717) is 17.3 Å². The molecule has 4 N–H and O–H groups in total. The van der Waals surface area contributed by atoms with E-state index in [9.17, 15) is 0 Å². The molecule has 2 atom stereocenters. The maximum Gasteiger partial charge on any atom is 0.186 e. The zero-order valence-electron chi connectivity index (χ0n) is 8.97. The standard InChI is InChI=1S/C10H20N4S/c11-10(12)13-7-2-1-3-8(4-7)14-5-9(15)6-14/h7-9,15H,1-6H2,(H4,11,12,13)/t7-,8?/m1/s1. The number of nitrogens with zero attached hydrogens (tertiary/aromatic N) is 2. The Bertz CT molecular complexity index is 246. The molecular weight excluding hydrogens is 208 g/mol. The molecule has 5 heteroatoms. The van der Waals surface area contributed by atoms with Crippen molar-refractivity contribution in [3.05, 3.63) is 0 Å². The molecule has 15 heavy (non-hydrogen) atoms. The Morgan fingerprint density at radius 1 is 1.27 bits per heavy atom. The number of nitrogens with two attached hydrogens (primary N) is 2. The second kappa shape index (κ2) is 4.61. The Balaban J connectivity index is 1.84. The van der Waals surface area contributed by atoms with Crippen molar-refractivity contribution in [2.75, 3.05) is 13.1 Å². The van der Waals surface area contributed by atoms with Gasteiger partial charge in [-0.05, 0) is 25.7 Å². The van der Waals surface area contributed by atoms with Crippen LogP contribution in [-0.2, 0) is 0 Å². The van der Waals surface area contributed by atoms with E-state index >= 15 is 0 Å².